The fraction of sp³-hybridized carbons (Fsp3) is 0.800. The highest BCUT2D eigenvalue weighted by Crippen LogP contribution is 2.30. The average molecular weight is 415 g/mol. The third-order valence-corrected chi connectivity index (χ3v) is 7.51. The first-order valence-electron chi connectivity index (χ1n) is 13.7. The van der Waals surface area contributed by atoms with Gasteiger partial charge in [0.2, 0.25) is 0 Å². The molecule has 0 amide bonds. The van der Waals surface area contributed by atoms with E-state index >= 15 is 0 Å². The van der Waals surface area contributed by atoms with Crippen LogP contribution >= 0.6 is 0 Å². The summed E-state index contributed by atoms with van der Waals surface area (Å²) in [6, 6.07) is 7.33. The third-order valence-electron chi connectivity index (χ3n) is 7.51. The van der Waals surface area contributed by atoms with Gasteiger partial charge in [-0.1, -0.05) is 137 Å². The first-order valence-corrected chi connectivity index (χ1v) is 13.7. The molecule has 1 aromatic rings. The standard InChI is InChI=1S/C30H54/c1-7-13-17-25(10-4)22-28-20-16-21-29(23-26(11-5)18-14-8-2)30(28)24-27(12-6)19-15-9-3/h16,20-21,25-27H,7-15,17-19,22-24H2,1-6H3. The molecule has 0 saturated carbocycles. The SMILES string of the molecule is CCCCC(CC)Cc1cccc(CC(CC)CCCC)c1CC(CC)CCCC. The van der Waals surface area contributed by atoms with Crippen LogP contribution in [-0.2, 0) is 19.3 Å². The number of benzene rings is 1. The molecule has 1 rings (SSSR count). The van der Waals surface area contributed by atoms with Gasteiger partial charge in [0.1, 0.15) is 0 Å². The lowest BCUT2D eigenvalue weighted by Crippen LogP contribution is -2.14. The summed E-state index contributed by atoms with van der Waals surface area (Å²) < 4.78 is 0. The molecule has 0 fully saturated rings. The van der Waals surface area contributed by atoms with E-state index in [0.717, 1.165) is 17.8 Å². The van der Waals surface area contributed by atoms with E-state index in [-0.39, 0.29) is 0 Å². The van der Waals surface area contributed by atoms with E-state index in [2.05, 4.69) is 59.7 Å². The van der Waals surface area contributed by atoms with Crippen molar-refractivity contribution in [2.24, 2.45) is 17.8 Å². The molecule has 30 heavy (non-hydrogen) atoms. The maximum Gasteiger partial charge on any atom is -0.0245 e. The van der Waals surface area contributed by atoms with Crippen molar-refractivity contribution >= 4 is 0 Å². The molecule has 0 nitrogen and oxygen atoms in total. The van der Waals surface area contributed by atoms with Crippen LogP contribution in [0.25, 0.3) is 0 Å². The second kappa shape index (κ2) is 16.9. The molecule has 0 bridgehead atoms. The molecule has 0 heterocycles. The van der Waals surface area contributed by atoms with Crippen LogP contribution in [0.5, 0.6) is 0 Å². The molecular formula is C30H54. The van der Waals surface area contributed by atoms with Gasteiger partial charge in [0, 0.05) is 0 Å². The van der Waals surface area contributed by atoms with Gasteiger partial charge in [0.05, 0.1) is 0 Å². The van der Waals surface area contributed by atoms with Gasteiger partial charge < -0.3 is 0 Å². The smallest absolute Gasteiger partial charge is 0.0245 e. The predicted octanol–water partition coefficient (Wildman–Crippen LogP) is 9.96. The maximum absolute atomic E-state index is 2.48. The topological polar surface area (TPSA) is 0 Å². The second-order valence-electron chi connectivity index (χ2n) is 9.92. The highest BCUT2D eigenvalue weighted by Gasteiger charge is 2.18. The lowest BCUT2D eigenvalue weighted by atomic mass is 9.81. The van der Waals surface area contributed by atoms with Crippen LogP contribution in [0.15, 0.2) is 18.2 Å². The first-order chi connectivity index (χ1) is 14.6. The Balaban J connectivity index is 3.14. The normalized spacial score (nSPS) is 14.6. The quantitative estimate of drug-likeness (QED) is 0.224. The third kappa shape index (κ3) is 10.0. The van der Waals surface area contributed by atoms with Crippen molar-refractivity contribution in [3.63, 3.8) is 0 Å². The Bertz CT molecular complexity index is 493. The highest BCUT2D eigenvalue weighted by molar-refractivity contribution is 5.36. The van der Waals surface area contributed by atoms with Crippen LogP contribution in [0.2, 0.25) is 0 Å². The van der Waals surface area contributed by atoms with Gasteiger partial charge in [-0.05, 0) is 53.7 Å². The van der Waals surface area contributed by atoms with Crippen LogP contribution in [0.4, 0.5) is 0 Å². The molecule has 0 N–H and O–H groups in total. The zero-order valence-electron chi connectivity index (χ0n) is 21.6. The van der Waals surface area contributed by atoms with Crippen molar-refractivity contribution in [1.82, 2.24) is 0 Å². The van der Waals surface area contributed by atoms with Gasteiger partial charge >= 0.3 is 0 Å². The second-order valence-corrected chi connectivity index (χ2v) is 9.92. The minimum absolute atomic E-state index is 0.858. The van der Waals surface area contributed by atoms with Gasteiger partial charge in [-0.3, -0.25) is 0 Å². The van der Waals surface area contributed by atoms with Gasteiger partial charge in [0.15, 0.2) is 0 Å². The molecule has 0 saturated heterocycles. The van der Waals surface area contributed by atoms with E-state index in [1.165, 1.54) is 96.3 Å². The number of rotatable bonds is 18. The average Bonchev–Trinajstić information content (AvgIpc) is 2.77. The molecule has 0 aliphatic heterocycles. The number of hydrogen-bond acceptors (Lipinski definition) is 0. The fourth-order valence-electron chi connectivity index (χ4n) is 5.07. The summed E-state index contributed by atoms with van der Waals surface area (Å²) in [4.78, 5) is 0. The van der Waals surface area contributed by atoms with Crippen LogP contribution in [0.1, 0.15) is 135 Å². The van der Waals surface area contributed by atoms with Gasteiger partial charge in [-0.2, -0.15) is 0 Å². The fourth-order valence-corrected chi connectivity index (χ4v) is 5.07. The van der Waals surface area contributed by atoms with E-state index in [0.29, 0.717) is 0 Å². The van der Waals surface area contributed by atoms with Crippen LogP contribution in [-0.4, -0.2) is 0 Å². The van der Waals surface area contributed by atoms with Gasteiger partial charge in [0.25, 0.3) is 0 Å². The van der Waals surface area contributed by atoms with E-state index in [9.17, 15) is 0 Å². The Labute approximate surface area is 190 Å². The van der Waals surface area contributed by atoms with Crippen molar-refractivity contribution in [3.8, 4) is 0 Å². The van der Waals surface area contributed by atoms with Crippen molar-refractivity contribution in [1.29, 1.82) is 0 Å². The van der Waals surface area contributed by atoms with Crippen LogP contribution < -0.4 is 0 Å². The monoisotopic (exact) mass is 414 g/mol. The largest absolute Gasteiger partial charge is 0.0654 e. The van der Waals surface area contributed by atoms with Gasteiger partial charge in [-0.15, -0.1) is 0 Å². The molecule has 0 heteroatoms. The van der Waals surface area contributed by atoms with E-state index < -0.39 is 0 Å². The molecule has 0 aliphatic rings. The minimum atomic E-state index is 0.858. The molecule has 3 atom stereocenters. The lowest BCUT2D eigenvalue weighted by Gasteiger charge is -2.25. The molecule has 3 unspecified atom stereocenters. The Morgan fingerprint density at radius 3 is 1.23 bits per heavy atom. The summed E-state index contributed by atoms with van der Waals surface area (Å²) in [5, 5.41) is 0. The summed E-state index contributed by atoms with van der Waals surface area (Å²) in [6.07, 6.45) is 20.2. The molecule has 0 aromatic heterocycles. The molecule has 0 spiro atoms. The van der Waals surface area contributed by atoms with Crippen LogP contribution in [0, 0.1) is 17.8 Å². The molecule has 0 radical (unpaired) electrons. The Hall–Kier alpha value is -0.780. The summed E-state index contributed by atoms with van der Waals surface area (Å²) in [6.45, 7) is 14.2. The van der Waals surface area contributed by atoms with Crippen molar-refractivity contribution in [2.75, 3.05) is 0 Å². The molecule has 1 aromatic carbocycles. The Morgan fingerprint density at radius 2 is 0.900 bits per heavy atom. The molecular weight excluding hydrogens is 360 g/mol. The Morgan fingerprint density at radius 1 is 0.533 bits per heavy atom. The van der Waals surface area contributed by atoms with E-state index in [4.69, 9.17) is 0 Å². The summed E-state index contributed by atoms with van der Waals surface area (Å²) in [7, 11) is 0. The summed E-state index contributed by atoms with van der Waals surface area (Å²) in [5.74, 6) is 2.57. The highest BCUT2D eigenvalue weighted by atomic mass is 14.2. The minimum Gasteiger partial charge on any atom is -0.0654 e. The van der Waals surface area contributed by atoms with Crippen molar-refractivity contribution in [3.05, 3.63) is 34.9 Å². The first kappa shape index (κ1) is 27.3. The summed E-state index contributed by atoms with van der Waals surface area (Å²) in [5.41, 5.74) is 5.14. The lowest BCUT2D eigenvalue weighted by molar-refractivity contribution is 0.425. The number of hydrogen-bond donors (Lipinski definition) is 0. The van der Waals surface area contributed by atoms with Crippen molar-refractivity contribution in [2.45, 2.75) is 138 Å². The Kier molecular flexibility index (Phi) is 15.3. The summed E-state index contributed by atoms with van der Waals surface area (Å²) >= 11 is 0. The van der Waals surface area contributed by atoms with Gasteiger partial charge in [-0.25, -0.2) is 0 Å². The van der Waals surface area contributed by atoms with Crippen molar-refractivity contribution < 1.29 is 0 Å². The maximum atomic E-state index is 2.48. The van der Waals surface area contributed by atoms with E-state index in [1.54, 1.807) is 16.7 Å². The predicted molar refractivity (Wildman–Crippen MR) is 137 cm³/mol. The zero-order valence-corrected chi connectivity index (χ0v) is 21.6. The van der Waals surface area contributed by atoms with E-state index in [1.807, 2.05) is 0 Å². The molecule has 174 valence electrons. The number of unbranched alkanes of at least 4 members (excludes halogenated alkanes) is 3. The molecule has 0 aliphatic carbocycles. The zero-order chi connectivity index (χ0) is 22.2. The van der Waals surface area contributed by atoms with Crippen LogP contribution in [0.3, 0.4) is 0 Å².